The molecule has 2 N–H and O–H groups in total. The standard InChI is InChI=1S/C21H29BrN2O5S2/c1-3-24-20(27)18(31-21(24)30)14-16-12-15(2)19(17(22)13-16)23(4-8-28-10-6-25)5-9-29-11-7-26/h12-14,25-26H,3-11H2,1-2H3/b18-14-. The Labute approximate surface area is 201 Å². The summed E-state index contributed by atoms with van der Waals surface area (Å²) in [4.78, 5) is 16.9. The summed E-state index contributed by atoms with van der Waals surface area (Å²) in [6, 6.07) is 4.02. The summed E-state index contributed by atoms with van der Waals surface area (Å²) in [5, 5.41) is 17.8. The molecule has 0 unspecified atom stereocenters. The number of ether oxygens (including phenoxy) is 2. The normalized spacial score (nSPS) is 15.4. The number of anilines is 1. The first-order chi connectivity index (χ1) is 14.9. The van der Waals surface area contributed by atoms with Crippen LogP contribution in [0.15, 0.2) is 21.5 Å². The molecule has 7 nitrogen and oxygen atoms in total. The molecule has 2 rings (SSSR count). The monoisotopic (exact) mass is 532 g/mol. The summed E-state index contributed by atoms with van der Waals surface area (Å²) in [6.07, 6.45) is 1.87. The highest BCUT2D eigenvalue weighted by atomic mass is 79.9. The molecule has 172 valence electrons. The van der Waals surface area contributed by atoms with E-state index >= 15 is 0 Å². The van der Waals surface area contributed by atoms with Gasteiger partial charge < -0.3 is 24.6 Å². The quantitative estimate of drug-likeness (QED) is 0.228. The molecule has 0 spiro atoms. The minimum absolute atomic E-state index is 0.0126. The van der Waals surface area contributed by atoms with Crippen LogP contribution in [0, 0.1) is 6.92 Å². The number of likely N-dealkylation sites (N-methyl/N-ethyl adjacent to an activating group) is 1. The lowest BCUT2D eigenvalue weighted by Crippen LogP contribution is -2.32. The Kier molecular flexibility index (Phi) is 11.4. The van der Waals surface area contributed by atoms with Gasteiger partial charge in [-0.1, -0.05) is 24.0 Å². The van der Waals surface area contributed by atoms with E-state index in [0.29, 0.717) is 55.3 Å². The summed E-state index contributed by atoms with van der Waals surface area (Å²) in [6.45, 7) is 7.23. The number of hydrogen-bond acceptors (Lipinski definition) is 8. The third-order valence-electron chi connectivity index (χ3n) is 4.56. The Hall–Kier alpha value is -1.01. The molecule has 0 saturated carbocycles. The van der Waals surface area contributed by atoms with Gasteiger partial charge in [-0.25, -0.2) is 0 Å². The number of thiocarbonyl (C=S) groups is 1. The topological polar surface area (TPSA) is 82.5 Å². The van der Waals surface area contributed by atoms with Crippen molar-refractivity contribution < 1.29 is 24.5 Å². The number of nitrogens with zero attached hydrogens (tertiary/aromatic N) is 2. The SMILES string of the molecule is CCN1C(=O)/C(=C/c2cc(C)c(N(CCOCCO)CCOCCO)c(Br)c2)SC1=S. The predicted octanol–water partition coefficient (Wildman–Crippen LogP) is 2.80. The molecule has 0 bridgehead atoms. The zero-order chi connectivity index (χ0) is 22.8. The van der Waals surface area contributed by atoms with Gasteiger partial charge in [-0.3, -0.25) is 9.69 Å². The molecule has 31 heavy (non-hydrogen) atoms. The van der Waals surface area contributed by atoms with E-state index < -0.39 is 0 Å². The molecule has 0 aromatic heterocycles. The van der Waals surface area contributed by atoms with Gasteiger partial charge in [0.2, 0.25) is 0 Å². The van der Waals surface area contributed by atoms with Gasteiger partial charge in [-0.2, -0.15) is 0 Å². The van der Waals surface area contributed by atoms with Crippen molar-refractivity contribution in [3.63, 3.8) is 0 Å². The molecule has 0 aliphatic carbocycles. The van der Waals surface area contributed by atoms with E-state index in [1.165, 1.54) is 11.8 Å². The van der Waals surface area contributed by atoms with E-state index in [1.807, 2.05) is 32.1 Å². The highest BCUT2D eigenvalue weighted by molar-refractivity contribution is 9.10. The van der Waals surface area contributed by atoms with Crippen molar-refractivity contribution in [2.24, 2.45) is 0 Å². The number of aliphatic hydroxyl groups excluding tert-OH is 2. The second-order valence-corrected chi connectivity index (χ2v) is 9.28. The van der Waals surface area contributed by atoms with Crippen LogP contribution in [-0.4, -0.2) is 84.6 Å². The van der Waals surface area contributed by atoms with Crippen molar-refractivity contribution in [1.82, 2.24) is 4.90 Å². The maximum atomic E-state index is 12.5. The van der Waals surface area contributed by atoms with Crippen molar-refractivity contribution in [2.45, 2.75) is 13.8 Å². The molecule has 0 atom stereocenters. The fraction of sp³-hybridized carbons (Fsp3) is 0.524. The first-order valence-electron chi connectivity index (χ1n) is 10.1. The summed E-state index contributed by atoms with van der Waals surface area (Å²) in [7, 11) is 0. The first kappa shape index (κ1) is 26.2. The molecular formula is C21H29BrN2O5S2. The van der Waals surface area contributed by atoms with Crippen LogP contribution in [0.1, 0.15) is 18.1 Å². The Morgan fingerprint density at radius 2 is 1.77 bits per heavy atom. The molecule has 1 saturated heterocycles. The van der Waals surface area contributed by atoms with E-state index in [-0.39, 0.29) is 19.1 Å². The molecule has 0 radical (unpaired) electrons. The largest absolute Gasteiger partial charge is 0.394 e. The lowest BCUT2D eigenvalue weighted by Gasteiger charge is -2.28. The number of hydrogen-bond donors (Lipinski definition) is 2. The van der Waals surface area contributed by atoms with Crippen LogP contribution in [0.5, 0.6) is 0 Å². The summed E-state index contributed by atoms with van der Waals surface area (Å²) in [5.74, 6) is -0.0564. The number of benzene rings is 1. The Morgan fingerprint density at radius 1 is 1.16 bits per heavy atom. The zero-order valence-corrected chi connectivity index (χ0v) is 21.0. The minimum atomic E-state index is -0.0564. The van der Waals surface area contributed by atoms with Crippen LogP contribution in [-0.2, 0) is 14.3 Å². The number of carbonyl (C=O) groups is 1. The second-order valence-electron chi connectivity index (χ2n) is 6.75. The Balaban J connectivity index is 2.22. The highest BCUT2D eigenvalue weighted by Crippen LogP contribution is 2.35. The predicted molar refractivity (Wildman–Crippen MR) is 132 cm³/mol. The maximum absolute atomic E-state index is 12.5. The van der Waals surface area contributed by atoms with Crippen LogP contribution >= 0.6 is 39.9 Å². The number of amides is 1. The van der Waals surface area contributed by atoms with Crippen molar-refractivity contribution in [2.75, 3.05) is 64.2 Å². The van der Waals surface area contributed by atoms with Crippen molar-refractivity contribution in [3.05, 3.63) is 32.6 Å². The third-order valence-corrected chi connectivity index (χ3v) is 6.54. The van der Waals surface area contributed by atoms with Crippen molar-refractivity contribution >= 4 is 61.9 Å². The van der Waals surface area contributed by atoms with Gasteiger partial charge in [0.15, 0.2) is 0 Å². The van der Waals surface area contributed by atoms with Gasteiger partial charge in [0.05, 0.1) is 50.2 Å². The molecule has 1 aromatic carbocycles. The van der Waals surface area contributed by atoms with E-state index in [0.717, 1.165) is 21.3 Å². The van der Waals surface area contributed by atoms with Gasteiger partial charge in [-0.15, -0.1) is 0 Å². The molecule has 1 aliphatic heterocycles. The van der Waals surface area contributed by atoms with Crippen molar-refractivity contribution in [1.29, 1.82) is 0 Å². The zero-order valence-electron chi connectivity index (χ0n) is 17.8. The fourth-order valence-electron chi connectivity index (χ4n) is 3.19. The van der Waals surface area contributed by atoms with Gasteiger partial charge in [0.1, 0.15) is 4.32 Å². The fourth-order valence-corrected chi connectivity index (χ4v) is 5.40. The number of halogens is 1. The average Bonchev–Trinajstić information content (AvgIpc) is 2.99. The van der Waals surface area contributed by atoms with Crippen LogP contribution in [0.4, 0.5) is 5.69 Å². The third kappa shape index (κ3) is 7.52. The molecule has 1 amide bonds. The second kappa shape index (κ2) is 13.5. The number of aryl methyl sites for hydroxylation is 1. The van der Waals surface area contributed by atoms with Gasteiger partial charge in [0, 0.05) is 24.1 Å². The smallest absolute Gasteiger partial charge is 0.266 e. The molecule has 1 aliphatic rings. The van der Waals surface area contributed by atoms with Crippen LogP contribution < -0.4 is 4.90 Å². The molecular weight excluding hydrogens is 504 g/mol. The van der Waals surface area contributed by atoms with E-state index in [1.54, 1.807) is 4.90 Å². The van der Waals surface area contributed by atoms with Crippen LogP contribution in [0.2, 0.25) is 0 Å². The van der Waals surface area contributed by atoms with Gasteiger partial charge in [-0.05, 0) is 59.1 Å². The number of aliphatic hydroxyl groups is 2. The minimum Gasteiger partial charge on any atom is -0.394 e. The van der Waals surface area contributed by atoms with E-state index in [2.05, 4.69) is 20.8 Å². The highest BCUT2D eigenvalue weighted by Gasteiger charge is 2.30. The molecule has 10 heteroatoms. The van der Waals surface area contributed by atoms with Crippen LogP contribution in [0.3, 0.4) is 0 Å². The lowest BCUT2D eigenvalue weighted by molar-refractivity contribution is -0.121. The summed E-state index contributed by atoms with van der Waals surface area (Å²) < 4.78 is 12.4. The summed E-state index contributed by atoms with van der Waals surface area (Å²) >= 11 is 10.3. The van der Waals surface area contributed by atoms with Gasteiger partial charge >= 0.3 is 0 Å². The van der Waals surface area contributed by atoms with E-state index in [9.17, 15) is 4.79 Å². The van der Waals surface area contributed by atoms with E-state index in [4.69, 9.17) is 31.9 Å². The number of thioether (sulfide) groups is 1. The lowest BCUT2D eigenvalue weighted by atomic mass is 10.1. The Bertz CT molecular complexity index is 771. The summed E-state index contributed by atoms with van der Waals surface area (Å²) in [5.41, 5.74) is 2.96. The molecule has 1 aromatic rings. The molecule has 1 heterocycles. The molecule has 1 fully saturated rings. The Morgan fingerprint density at radius 3 is 2.26 bits per heavy atom. The maximum Gasteiger partial charge on any atom is 0.266 e. The average molecular weight is 534 g/mol. The van der Waals surface area contributed by atoms with Crippen molar-refractivity contribution in [3.8, 4) is 0 Å². The number of rotatable bonds is 13. The number of carbonyl (C=O) groups excluding carboxylic acids is 1. The van der Waals surface area contributed by atoms with Gasteiger partial charge in [0.25, 0.3) is 5.91 Å². The first-order valence-corrected chi connectivity index (χ1v) is 12.1. The van der Waals surface area contributed by atoms with Crippen LogP contribution in [0.25, 0.3) is 6.08 Å².